The number of fused-ring (bicyclic) bond motifs is 1. The van der Waals surface area contributed by atoms with Crippen molar-refractivity contribution < 1.29 is 33.2 Å². The van der Waals surface area contributed by atoms with Crippen LogP contribution in [0.3, 0.4) is 0 Å². The number of aromatic nitrogens is 4. The van der Waals surface area contributed by atoms with E-state index in [1.54, 1.807) is 45.5 Å². The minimum absolute atomic E-state index is 0.0737. The first-order valence-corrected chi connectivity index (χ1v) is 21.9. The van der Waals surface area contributed by atoms with Crippen molar-refractivity contribution in [2.75, 3.05) is 71.5 Å². The fourth-order valence-corrected chi connectivity index (χ4v) is 8.70. The molecule has 2 aliphatic heterocycles. The van der Waals surface area contributed by atoms with E-state index in [9.17, 15) is 14.3 Å². The zero-order chi connectivity index (χ0) is 44.0. The standard InChI is InChI=1S/C46H53ClFN7O6S/c1-7-31(30(3)60-27-33-14-16-49-45(51-33)55-17-9-15-46(4,48)28-55)25-37(44(56)57)61-43-40-38(62-52-43)26-50-42(32-10-8-11-34(24-32)58-6)39(40)35-12-13-36(41(47)29(35)2)59-23-22-54-20-18-53(5)19-21-54/h7-8,10-14,16,24,26,37H,1,9,15,17-23,25,27-28H2,2-6H3,(H,56,57)/b31-30-. The molecule has 7 rings (SSSR count). The van der Waals surface area contributed by atoms with E-state index in [4.69, 9.17) is 35.5 Å². The smallest absolute Gasteiger partial charge is 0.345 e. The summed E-state index contributed by atoms with van der Waals surface area (Å²) in [6.45, 7) is 15.5. The molecule has 0 aliphatic carbocycles. The summed E-state index contributed by atoms with van der Waals surface area (Å²) in [5, 5.41) is 11.6. The molecule has 0 bridgehead atoms. The maximum absolute atomic E-state index is 14.8. The Morgan fingerprint density at radius 1 is 1.15 bits per heavy atom. The summed E-state index contributed by atoms with van der Waals surface area (Å²) in [4.78, 5) is 33.4. The van der Waals surface area contributed by atoms with E-state index < -0.39 is 17.7 Å². The molecular formula is C46H53ClFN7O6S. The zero-order valence-corrected chi connectivity index (χ0v) is 37.4. The van der Waals surface area contributed by atoms with Gasteiger partial charge in [0.2, 0.25) is 17.9 Å². The van der Waals surface area contributed by atoms with E-state index in [1.165, 1.54) is 0 Å². The van der Waals surface area contributed by atoms with Crippen molar-refractivity contribution in [1.82, 2.24) is 29.1 Å². The van der Waals surface area contributed by atoms with Crippen molar-refractivity contribution in [1.29, 1.82) is 0 Å². The summed E-state index contributed by atoms with van der Waals surface area (Å²) < 4.78 is 44.4. The molecule has 0 amide bonds. The first kappa shape index (κ1) is 44.7. The van der Waals surface area contributed by atoms with Crippen LogP contribution in [0.25, 0.3) is 32.5 Å². The van der Waals surface area contributed by atoms with Crippen LogP contribution >= 0.6 is 23.1 Å². The number of carboxylic acid groups (broad SMARTS) is 1. The molecule has 2 aliphatic rings. The Bertz CT molecular complexity index is 2440. The van der Waals surface area contributed by atoms with Crippen LogP contribution in [0.5, 0.6) is 17.4 Å². The topological polar surface area (TPSA) is 136 Å². The number of allylic oxidation sites excluding steroid dienone is 2. The van der Waals surface area contributed by atoms with E-state index in [0.717, 1.165) is 60.9 Å². The lowest BCUT2D eigenvalue weighted by Crippen LogP contribution is -2.45. The van der Waals surface area contributed by atoms with Gasteiger partial charge in [-0.15, -0.1) is 0 Å². The number of carboxylic acids is 1. The van der Waals surface area contributed by atoms with E-state index in [1.807, 2.05) is 48.2 Å². The third-order valence-electron chi connectivity index (χ3n) is 11.4. The van der Waals surface area contributed by atoms with E-state index in [2.05, 4.69) is 37.8 Å². The highest BCUT2D eigenvalue weighted by Crippen LogP contribution is 2.46. The molecule has 1 N–H and O–H groups in total. The Balaban J connectivity index is 1.17. The van der Waals surface area contributed by atoms with Crippen LogP contribution in [-0.4, -0.2) is 119 Å². The van der Waals surface area contributed by atoms with Crippen molar-refractivity contribution in [3.8, 4) is 39.8 Å². The molecule has 2 unspecified atom stereocenters. The quantitative estimate of drug-likeness (QED) is 0.0706. The molecule has 62 heavy (non-hydrogen) atoms. The Kier molecular flexibility index (Phi) is 14.3. The number of piperazine rings is 1. The molecule has 5 heterocycles. The predicted octanol–water partition coefficient (Wildman–Crippen LogP) is 8.64. The summed E-state index contributed by atoms with van der Waals surface area (Å²) in [7, 11) is 3.74. The minimum Gasteiger partial charge on any atom is -0.497 e. The van der Waals surface area contributed by atoms with Crippen molar-refractivity contribution >= 4 is 45.1 Å². The number of hydrogen-bond donors (Lipinski definition) is 1. The van der Waals surface area contributed by atoms with Crippen molar-refractivity contribution in [3.63, 3.8) is 0 Å². The molecule has 16 heteroatoms. The van der Waals surface area contributed by atoms with Gasteiger partial charge in [0.1, 0.15) is 30.4 Å². The van der Waals surface area contributed by atoms with Crippen molar-refractivity contribution in [2.24, 2.45) is 0 Å². The number of benzene rings is 2. The highest BCUT2D eigenvalue weighted by molar-refractivity contribution is 7.13. The lowest BCUT2D eigenvalue weighted by molar-refractivity contribution is -0.145. The fraction of sp³-hybridized carbons (Fsp3) is 0.413. The number of aliphatic carboxylic acids is 1. The van der Waals surface area contributed by atoms with Crippen LogP contribution in [0.4, 0.5) is 10.3 Å². The van der Waals surface area contributed by atoms with Gasteiger partial charge in [0.05, 0.1) is 45.9 Å². The summed E-state index contributed by atoms with van der Waals surface area (Å²) in [5.41, 5.74) is 3.39. The number of ether oxygens (including phenoxy) is 4. The normalized spacial score (nSPS) is 18.3. The SMILES string of the molecule is C=C/C(CC(Oc1nsc2cnc(-c3cccc(OC)c3)c(-c3ccc(OCCN4CCN(C)CC4)c(Cl)c3C)c12)C(=O)O)=C(\C)OCc1ccnc(N2CCCC(C)(F)C2)n1. The van der Waals surface area contributed by atoms with Crippen molar-refractivity contribution in [2.45, 2.75) is 58.4 Å². The van der Waals surface area contributed by atoms with Gasteiger partial charge in [0.15, 0.2) is 0 Å². The Morgan fingerprint density at radius 2 is 1.95 bits per heavy atom. The third kappa shape index (κ3) is 10.5. The van der Waals surface area contributed by atoms with Crippen molar-refractivity contribution in [3.05, 3.63) is 95.1 Å². The lowest BCUT2D eigenvalue weighted by Gasteiger charge is -2.35. The summed E-state index contributed by atoms with van der Waals surface area (Å²) in [5.74, 6) is 1.06. The first-order chi connectivity index (χ1) is 29.8. The lowest BCUT2D eigenvalue weighted by atomic mass is 9.93. The van der Waals surface area contributed by atoms with Gasteiger partial charge in [-0.1, -0.05) is 42.5 Å². The molecule has 5 aromatic rings. The molecule has 0 spiro atoms. The Labute approximate surface area is 370 Å². The number of piperidine rings is 1. The van der Waals surface area contributed by atoms with E-state index in [-0.39, 0.29) is 25.5 Å². The number of rotatable bonds is 17. The number of anilines is 1. The average Bonchev–Trinajstić information content (AvgIpc) is 3.68. The molecule has 0 radical (unpaired) electrons. The van der Waals surface area contributed by atoms with Gasteiger partial charge in [0, 0.05) is 69.2 Å². The number of nitrogens with zero attached hydrogens (tertiary/aromatic N) is 7. The van der Waals surface area contributed by atoms with Crippen LogP contribution in [0, 0.1) is 6.92 Å². The Morgan fingerprint density at radius 3 is 2.69 bits per heavy atom. The van der Waals surface area contributed by atoms with Crippen LogP contribution in [0.1, 0.15) is 44.4 Å². The second-order valence-electron chi connectivity index (χ2n) is 16.0. The third-order valence-corrected chi connectivity index (χ3v) is 12.6. The molecule has 13 nitrogen and oxygen atoms in total. The number of carbonyl (C=O) groups is 1. The maximum Gasteiger partial charge on any atom is 0.345 e. The molecular weight excluding hydrogens is 833 g/mol. The number of pyridine rings is 1. The Hall–Kier alpha value is -5.35. The van der Waals surface area contributed by atoms with Crippen LogP contribution in [0.15, 0.2) is 78.8 Å². The maximum atomic E-state index is 14.8. The van der Waals surface area contributed by atoms with E-state index >= 15 is 0 Å². The number of alkyl halides is 1. The molecule has 328 valence electrons. The van der Waals surface area contributed by atoms with Gasteiger partial charge in [0.25, 0.3) is 0 Å². The number of hydrogen-bond acceptors (Lipinski definition) is 13. The number of likely N-dealkylation sites (N-methyl/N-ethyl adjacent to an activating group) is 1. The van der Waals surface area contributed by atoms with Crippen LogP contribution in [0.2, 0.25) is 5.02 Å². The van der Waals surface area contributed by atoms with Gasteiger partial charge in [-0.05, 0) is 93.2 Å². The number of methoxy groups -OCH3 is 1. The first-order valence-electron chi connectivity index (χ1n) is 20.7. The highest BCUT2D eigenvalue weighted by atomic mass is 35.5. The molecule has 2 fully saturated rings. The van der Waals surface area contributed by atoms with Gasteiger partial charge in [-0.25, -0.2) is 19.2 Å². The molecule has 0 saturated carbocycles. The summed E-state index contributed by atoms with van der Waals surface area (Å²) in [6, 6.07) is 13.1. The minimum atomic E-state index is -1.37. The summed E-state index contributed by atoms with van der Waals surface area (Å²) in [6.07, 6.45) is 4.67. The van der Waals surface area contributed by atoms with Gasteiger partial charge >= 0.3 is 5.97 Å². The summed E-state index contributed by atoms with van der Waals surface area (Å²) >= 11 is 8.25. The fourth-order valence-electron chi connectivity index (χ4n) is 7.78. The molecule has 2 aromatic carbocycles. The second-order valence-corrected chi connectivity index (χ2v) is 17.2. The van der Waals surface area contributed by atoms with Gasteiger partial charge in [-0.3, -0.25) is 9.88 Å². The zero-order valence-electron chi connectivity index (χ0n) is 35.8. The predicted molar refractivity (Wildman–Crippen MR) is 241 cm³/mol. The second kappa shape index (κ2) is 19.8. The average molecular weight is 886 g/mol. The van der Waals surface area contributed by atoms with Crippen LogP contribution < -0.4 is 19.1 Å². The monoisotopic (exact) mass is 885 g/mol. The van der Waals surface area contributed by atoms with Gasteiger partial charge < -0.3 is 33.9 Å². The highest BCUT2D eigenvalue weighted by Gasteiger charge is 2.32. The molecule has 3 aromatic heterocycles. The van der Waals surface area contributed by atoms with Crippen LogP contribution in [-0.2, 0) is 16.1 Å². The molecule has 2 saturated heterocycles. The molecule has 2 atom stereocenters. The number of halogens is 2. The van der Waals surface area contributed by atoms with E-state index in [0.29, 0.717) is 86.8 Å². The largest absolute Gasteiger partial charge is 0.497 e. The van der Waals surface area contributed by atoms with Gasteiger partial charge in [-0.2, -0.15) is 4.37 Å².